The van der Waals surface area contributed by atoms with Crippen molar-refractivity contribution in [3.8, 4) is 11.5 Å². The van der Waals surface area contributed by atoms with Gasteiger partial charge in [0.1, 0.15) is 22.6 Å². The molecule has 0 aliphatic carbocycles. The molecule has 3 aromatic rings. The Morgan fingerprint density at radius 3 is 1.69 bits per heavy atom. The summed E-state index contributed by atoms with van der Waals surface area (Å²) in [4.78, 5) is 22.7. The highest BCUT2D eigenvalue weighted by atomic mass is 16.5. The van der Waals surface area contributed by atoms with Crippen molar-refractivity contribution >= 4 is 23.3 Å². The molecule has 0 bridgehead atoms. The molecule has 3 rings (SSSR count). The molecule has 0 heterocycles. The van der Waals surface area contributed by atoms with Crippen molar-refractivity contribution in [1.82, 2.24) is 0 Å². The monoisotopic (exact) mass is 476 g/mol. The number of carbonyl (C=O) groups is 2. The van der Waals surface area contributed by atoms with Gasteiger partial charge in [0.2, 0.25) is 0 Å². The number of aromatic carboxylic acids is 2. The first-order valence-corrected chi connectivity index (χ1v) is 11.4. The molecule has 0 spiro atoms. The lowest BCUT2D eigenvalue weighted by molar-refractivity contribution is 0.0688. The average molecular weight is 477 g/mol. The Morgan fingerprint density at radius 1 is 0.686 bits per heavy atom. The smallest absolute Gasteiger partial charge is 0.339 e. The van der Waals surface area contributed by atoms with Crippen LogP contribution in [0.25, 0.3) is 0 Å². The van der Waals surface area contributed by atoms with Crippen molar-refractivity contribution in [3.63, 3.8) is 0 Å². The lowest BCUT2D eigenvalue weighted by atomic mass is 10.1. The second kappa shape index (κ2) is 12.9. The maximum atomic E-state index is 11.3. The normalized spacial score (nSPS) is 10.9. The van der Waals surface area contributed by atoms with E-state index in [-0.39, 0.29) is 23.5 Å². The molecule has 0 saturated carbocycles. The van der Waals surface area contributed by atoms with E-state index >= 15 is 0 Å². The van der Waals surface area contributed by atoms with E-state index in [0.717, 1.165) is 36.4 Å². The van der Waals surface area contributed by atoms with E-state index in [0.29, 0.717) is 13.0 Å². The summed E-state index contributed by atoms with van der Waals surface area (Å²) >= 11 is 0. The molecule has 0 aliphatic rings. The molecule has 0 aromatic heterocycles. The predicted molar refractivity (Wildman–Crippen MR) is 132 cm³/mol. The summed E-state index contributed by atoms with van der Waals surface area (Å²) in [5, 5.41) is 27.0. The minimum atomic E-state index is -1.22. The molecule has 2 N–H and O–H groups in total. The van der Waals surface area contributed by atoms with Gasteiger partial charge in [0.15, 0.2) is 0 Å². The van der Waals surface area contributed by atoms with Crippen LogP contribution in [0.5, 0.6) is 11.5 Å². The van der Waals surface area contributed by atoms with Crippen LogP contribution >= 0.6 is 0 Å². The lowest BCUT2D eigenvalue weighted by Gasteiger charge is -2.12. The number of azo groups is 1. The van der Waals surface area contributed by atoms with E-state index in [9.17, 15) is 19.8 Å². The van der Waals surface area contributed by atoms with Crippen LogP contribution in [-0.4, -0.2) is 35.4 Å². The Hall–Kier alpha value is -4.20. The third kappa shape index (κ3) is 7.96. The molecular formula is C27H28N2O6. The number of carboxylic acid groups (broad SMARTS) is 2. The van der Waals surface area contributed by atoms with Gasteiger partial charge in [-0.2, -0.15) is 10.2 Å². The van der Waals surface area contributed by atoms with E-state index in [4.69, 9.17) is 9.47 Å². The Labute approximate surface area is 203 Å². The van der Waals surface area contributed by atoms with Gasteiger partial charge >= 0.3 is 11.9 Å². The molecule has 8 heteroatoms. The number of unbranched alkanes of at least 4 members (excludes halogenated alkanes) is 3. The highest BCUT2D eigenvalue weighted by Gasteiger charge is 2.19. The fourth-order valence-electron chi connectivity index (χ4n) is 3.29. The summed E-state index contributed by atoms with van der Waals surface area (Å²) in [5.74, 6) is -1.78. The van der Waals surface area contributed by atoms with Crippen LogP contribution in [0.2, 0.25) is 0 Å². The third-order valence-corrected chi connectivity index (χ3v) is 5.18. The Balaban J connectivity index is 1.34. The summed E-state index contributed by atoms with van der Waals surface area (Å²) in [6.45, 7) is 2.83. The van der Waals surface area contributed by atoms with Crippen molar-refractivity contribution in [1.29, 1.82) is 0 Å². The molecule has 0 fully saturated rings. The number of rotatable bonds is 13. The maximum Gasteiger partial charge on any atom is 0.339 e. The molecule has 0 aliphatic heterocycles. The van der Waals surface area contributed by atoms with Gasteiger partial charge in [-0.1, -0.05) is 23.8 Å². The van der Waals surface area contributed by atoms with Crippen LogP contribution in [0, 0.1) is 6.92 Å². The van der Waals surface area contributed by atoms with Gasteiger partial charge in [0.05, 0.1) is 24.6 Å². The van der Waals surface area contributed by atoms with Crippen molar-refractivity contribution in [2.24, 2.45) is 10.2 Å². The maximum absolute atomic E-state index is 11.3. The van der Waals surface area contributed by atoms with E-state index in [2.05, 4.69) is 10.2 Å². The SMILES string of the molecule is Cc1ccc(/N=N/c2ccc(OCCCCCCOc3c(C(=O)O)cccc3C(=O)O)cc2)cc1. The highest BCUT2D eigenvalue weighted by Crippen LogP contribution is 2.25. The van der Waals surface area contributed by atoms with E-state index in [1.807, 2.05) is 55.5 Å². The third-order valence-electron chi connectivity index (χ3n) is 5.18. The Kier molecular flexibility index (Phi) is 9.36. The number of hydrogen-bond donors (Lipinski definition) is 2. The predicted octanol–water partition coefficient (Wildman–Crippen LogP) is 6.83. The molecule has 0 unspecified atom stereocenters. The summed E-state index contributed by atoms with van der Waals surface area (Å²) in [5.41, 5.74) is 2.42. The van der Waals surface area contributed by atoms with Gasteiger partial charge in [-0.05, 0) is 81.1 Å². The summed E-state index contributed by atoms with van der Waals surface area (Å²) in [7, 11) is 0. The number of hydrogen-bond acceptors (Lipinski definition) is 6. The molecule has 182 valence electrons. The van der Waals surface area contributed by atoms with E-state index < -0.39 is 11.9 Å². The van der Waals surface area contributed by atoms with Gasteiger partial charge in [-0.25, -0.2) is 9.59 Å². The van der Waals surface area contributed by atoms with Gasteiger partial charge in [-0.3, -0.25) is 0 Å². The van der Waals surface area contributed by atoms with Crippen LogP contribution < -0.4 is 9.47 Å². The van der Waals surface area contributed by atoms with Gasteiger partial charge in [-0.15, -0.1) is 0 Å². The van der Waals surface area contributed by atoms with Gasteiger partial charge < -0.3 is 19.7 Å². The average Bonchev–Trinajstić information content (AvgIpc) is 2.85. The second-order valence-corrected chi connectivity index (χ2v) is 7.93. The molecule has 0 atom stereocenters. The fraction of sp³-hybridized carbons (Fsp3) is 0.259. The van der Waals surface area contributed by atoms with Crippen LogP contribution in [-0.2, 0) is 0 Å². The summed E-state index contributed by atoms with van der Waals surface area (Å²) < 4.78 is 11.3. The Morgan fingerprint density at radius 2 is 1.17 bits per heavy atom. The number of carboxylic acids is 2. The van der Waals surface area contributed by atoms with E-state index in [1.165, 1.54) is 23.8 Å². The van der Waals surface area contributed by atoms with Crippen molar-refractivity contribution in [2.75, 3.05) is 13.2 Å². The number of para-hydroxylation sites is 1. The van der Waals surface area contributed by atoms with Crippen molar-refractivity contribution in [2.45, 2.75) is 32.6 Å². The second-order valence-electron chi connectivity index (χ2n) is 7.93. The van der Waals surface area contributed by atoms with Crippen LogP contribution in [0.1, 0.15) is 52.0 Å². The molecule has 0 saturated heterocycles. The number of aryl methyl sites for hydroxylation is 1. The highest BCUT2D eigenvalue weighted by molar-refractivity contribution is 5.98. The fourth-order valence-corrected chi connectivity index (χ4v) is 3.29. The van der Waals surface area contributed by atoms with Crippen LogP contribution in [0.4, 0.5) is 11.4 Å². The standard InChI is InChI=1S/C27H28N2O6/c1-19-9-11-20(12-10-19)28-29-21-13-15-22(16-14-21)34-17-4-2-3-5-18-35-25-23(26(30)31)7-6-8-24(25)27(32)33/h6-16H,2-5,17-18H2,1H3,(H,30,31)(H,32,33)/b29-28+. The zero-order valence-corrected chi connectivity index (χ0v) is 19.5. The number of ether oxygens (including phenoxy) is 2. The van der Waals surface area contributed by atoms with Crippen molar-refractivity contribution < 1.29 is 29.3 Å². The zero-order chi connectivity index (χ0) is 25.0. The minimum absolute atomic E-state index is 0.0994. The first-order chi connectivity index (χ1) is 16.9. The number of nitrogens with zero attached hydrogens (tertiary/aromatic N) is 2. The summed E-state index contributed by atoms with van der Waals surface area (Å²) in [6.07, 6.45) is 3.27. The van der Waals surface area contributed by atoms with Gasteiger partial charge in [0, 0.05) is 0 Å². The number of benzene rings is 3. The molecule has 35 heavy (non-hydrogen) atoms. The lowest BCUT2D eigenvalue weighted by Crippen LogP contribution is -2.10. The first-order valence-electron chi connectivity index (χ1n) is 11.4. The molecule has 8 nitrogen and oxygen atoms in total. The van der Waals surface area contributed by atoms with Crippen LogP contribution in [0.3, 0.4) is 0 Å². The van der Waals surface area contributed by atoms with Gasteiger partial charge in [0.25, 0.3) is 0 Å². The topological polar surface area (TPSA) is 118 Å². The largest absolute Gasteiger partial charge is 0.494 e. The first kappa shape index (κ1) is 25.4. The molecule has 0 radical (unpaired) electrons. The van der Waals surface area contributed by atoms with Crippen molar-refractivity contribution in [3.05, 3.63) is 83.4 Å². The van der Waals surface area contributed by atoms with Crippen LogP contribution in [0.15, 0.2) is 77.0 Å². The minimum Gasteiger partial charge on any atom is -0.494 e. The summed E-state index contributed by atoms with van der Waals surface area (Å²) in [6, 6.07) is 19.3. The molecule has 3 aromatic carbocycles. The molecular weight excluding hydrogens is 448 g/mol. The Bertz CT molecular complexity index is 1130. The van der Waals surface area contributed by atoms with E-state index in [1.54, 1.807) is 0 Å². The quantitative estimate of drug-likeness (QED) is 0.206. The molecule has 0 amide bonds. The zero-order valence-electron chi connectivity index (χ0n) is 19.5.